The molecule has 0 aliphatic heterocycles. The minimum absolute atomic E-state index is 0.173. The predicted molar refractivity (Wildman–Crippen MR) is 68.6 cm³/mol. The SMILES string of the molecule is CN(c1cccc(F)c1)c1nc(N)ncc1Br. The van der Waals surface area contributed by atoms with Gasteiger partial charge in [0.2, 0.25) is 5.95 Å². The van der Waals surface area contributed by atoms with Gasteiger partial charge in [0.15, 0.2) is 5.82 Å². The molecule has 2 aromatic rings. The summed E-state index contributed by atoms with van der Waals surface area (Å²) in [6.45, 7) is 0. The van der Waals surface area contributed by atoms with Crippen molar-refractivity contribution in [1.29, 1.82) is 0 Å². The third kappa shape index (κ3) is 2.52. The molecule has 0 aliphatic rings. The molecule has 0 saturated heterocycles. The van der Waals surface area contributed by atoms with Crippen LogP contribution in [0.5, 0.6) is 0 Å². The number of nitrogens with two attached hydrogens (primary N) is 1. The van der Waals surface area contributed by atoms with E-state index in [1.54, 1.807) is 30.3 Å². The van der Waals surface area contributed by atoms with Crippen LogP contribution in [0.15, 0.2) is 34.9 Å². The molecule has 0 aliphatic carbocycles. The van der Waals surface area contributed by atoms with Crippen LogP contribution in [0.2, 0.25) is 0 Å². The van der Waals surface area contributed by atoms with E-state index in [0.29, 0.717) is 16.0 Å². The van der Waals surface area contributed by atoms with Gasteiger partial charge < -0.3 is 10.6 Å². The summed E-state index contributed by atoms with van der Waals surface area (Å²) in [5.74, 6) is 0.460. The minimum Gasteiger partial charge on any atom is -0.368 e. The molecule has 0 atom stereocenters. The molecule has 1 aromatic carbocycles. The fourth-order valence-electron chi connectivity index (χ4n) is 1.41. The molecule has 0 bridgehead atoms. The quantitative estimate of drug-likeness (QED) is 0.926. The van der Waals surface area contributed by atoms with E-state index in [0.717, 1.165) is 0 Å². The standard InChI is InChI=1S/C11H10BrFN4/c1-17(8-4-2-3-7(13)5-8)10-9(12)6-15-11(14)16-10/h2-6H,1H3,(H2,14,15,16). The van der Waals surface area contributed by atoms with E-state index in [1.165, 1.54) is 12.1 Å². The van der Waals surface area contributed by atoms with Crippen LogP contribution in [0.1, 0.15) is 0 Å². The molecule has 6 heteroatoms. The number of rotatable bonds is 2. The monoisotopic (exact) mass is 296 g/mol. The minimum atomic E-state index is -0.299. The van der Waals surface area contributed by atoms with Gasteiger partial charge in [-0.1, -0.05) is 6.07 Å². The third-order valence-corrected chi connectivity index (χ3v) is 2.82. The summed E-state index contributed by atoms with van der Waals surface area (Å²) in [7, 11) is 1.78. The fourth-order valence-corrected chi connectivity index (χ4v) is 1.87. The predicted octanol–water partition coefficient (Wildman–Crippen LogP) is 2.73. The van der Waals surface area contributed by atoms with Crippen LogP contribution < -0.4 is 10.6 Å². The lowest BCUT2D eigenvalue weighted by atomic mass is 10.3. The second-order valence-electron chi connectivity index (χ2n) is 3.44. The fraction of sp³-hybridized carbons (Fsp3) is 0.0909. The van der Waals surface area contributed by atoms with Crippen molar-refractivity contribution in [2.75, 3.05) is 17.7 Å². The van der Waals surface area contributed by atoms with Crippen LogP contribution >= 0.6 is 15.9 Å². The van der Waals surface area contributed by atoms with Crippen molar-refractivity contribution in [1.82, 2.24) is 9.97 Å². The van der Waals surface area contributed by atoms with Crippen LogP contribution in [0.4, 0.5) is 21.8 Å². The Balaban J connectivity index is 2.43. The number of anilines is 3. The van der Waals surface area contributed by atoms with E-state index in [-0.39, 0.29) is 11.8 Å². The van der Waals surface area contributed by atoms with Crippen molar-refractivity contribution in [3.8, 4) is 0 Å². The average molecular weight is 297 g/mol. The third-order valence-electron chi connectivity index (χ3n) is 2.26. The van der Waals surface area contributed by atoms with Crippen molar-refractivity contribution < 1.29 is 4.39 Å². The van der Waals surface area contributed by atoms with Crippen LogP contribution in [-0.2, 0) is 0 Å². The highest BCUT2D eigenvalue weighted by Gasteiger charge is 2.11. The van der Waals surface area contributed by atoms with Crippen LogP contribution in [0.3, 0.4) is 0 Å². The maximum Gasteiger partial charge on any atom is 0.222 e. The van der Waals surface area contributed by atoms with Crippen LogP contribution in [-0.4, -0.2) is 17.0 Å². The number of aromatic nitrogens is 2. The van der Waals surface area contributed by atoms with E-state index in [2.05, 4.69) is 25.9 Å². The van der Waals surface area contributed by atoms with E-state index in [4.69, 9.17) is 5.73 Å². The van der Waals surface area contributed by atoms with Gasteiger partial charge in [-0.05, 0) is 34.1 Å². The molecular weight excluding hydrogens is 287 g/mol. The molecule has 17 heavy (non-hydrogen) atoms. The molecular formula is C11H10BrFN4. The molecule has 0 unspecified atom stereocenters. The number of hydrogen-bond donors (Lipinski definition) is 1. The summed E-state index contributed by atoms with van der Waals surface area (Å²) in [6.07, 6.45) is 1.56. The number of nitrogens with zero attached hydrogens (tertiary/aromatic N) is 3. The van der Waals surface area contributed by atoms with Crippen molar-refractivity contribution in [2.24, 2.45) is 0 Å². The molecule has 2 rings (SSSR count). The number of halogens is 2. The number of benzene rings is 1. The smallest absolute Gasteiger partial charge is 0.222 e. The van der Waals surface area contributed by atoms with Crippen molar-refractivity contribution in [3.63, 3.8) is 0 Å². The highest BCUT2D eigenvalue weighted by Crippen LogP contribution is 2.28. The van der Waals surface area contributed by atoms with Crippen LogP contribution in [0.25, 0.3) is 0 Å². The zero-order chi connectivity index (χ0) is 12.4. The molecule has 88 valence electrons. The van der Waals surface area contributed by atoms with E-state index in [1.807, 2.05) is 0 Å². The van der Waals surface area contributed by atoms with Gasteiger partial charge in [0.1, 0.15) is 5.82 Å². The summed E-state index contributed by atoms with van der Waals surface area (Å²) >= 11 is 3.33. The van der Waals surface area contributed by atoms with Gasteiger partial charge in [-0.2, -0.15) is 4.98 Å². The zero-order valence-corrected chi connectivity index (χ0v) is 10.6. The molecule has 0 spiro atoms. The molecule has 2 N–H and O–H groups in total. The second kappa shape index (κ2) is 4.67. The Morgan fingerprint density at radius 1 is 1.41 bits per heavy atom. The first kappa shape index (κ1) is 11.8. The largest absolute Gasteiger partial charge is 0.368 e. The van der Waals surface area contributed by atoms with Crippen LogP contribution in [0, 0.1) is 5.82 Å². The lowest BCUT2D eigenvalue weighted by Crippen LogP contribution is -2.13. The number of nitrogen functional groups attached to an aromatic ring is 1. The van der Waals surface area contributed by atoms with Crippen molar-refractivity contribution >= 4 is 33.4 Å². The summed E-state index contributed by atoms with van der Waals surface area (Å²) < 4.78 is 13.8. The molecule has 0 radical (unpaired) electrons. The average Bonchev–Trinajstić information content (AvgIpc) is 2.31. The van der Waals surface area contributed by atoms with Gasteiger partial charge in [-0.25, -0.2) is 9.37 Å². The Bertz CT molecular complexity index is 547. The van der Waals surface area contributed by atoms with Gasteiger partial charge in [-0.15, -0.1) is 0 Å². The molecule has 0 saturated carbocycles. The Morgan fingerprint density at radius 3 is 2.88 bits per heavy atom. The van der Waals surface area contributed by atoms with E-state index >= 15 is 0 Å². The first-order chi connectivity index (χ1) is 8.08. The maximum atomic E-state index is 13.1. The Labute approximate surface area is 106 Å². The number of hydrogen-bond acceptors (Lipinski definition) is 4. The highest BCUT2D eigenvalue weighted by molar-refractivity contribution is 9.10. The Hall–Kier alpha value is -1.69. The van der Waals surface area contributed by atoms with E-state index in [9.17, 15) is 4.39 Å². The molecule has 1 aromatic heterocycles. The first-order valence-corrected chi connectivity index (χ1v) is 5.64. The van der Waals surface area contributed by atoms with Gasteiger partial charge in [0, 0.05) is 18.9 Å². The Morgan fingerprint density at radius 2 is 2.18 bits per heavy atom. The van der Waals surface area contributed by atoms with Gasteiger partial charge in [0.05, 0.1) is 4.47 Å². The van der Waals surface area contributed by atoms with Gasteiger partial charge in [0.25, 0.3) is 0 Å². The second-order valence-corrected chi connectivity index (χ2v) is 4.29. The summed E-state index contributed by atoms with van der Waals surface area (Å²) in [5, 5.41) is 0. The summed E-state index contributed by atoms with van der Waals surface area (Å²) in [5.41, 5.74) is 6.21. The lowest BCUT2D eigenvalue weighted by Gasteiger charge is -2.19. The van der Waals surface area contributed by atoms with Gasteiger partial charge in [-0.3, -0.25) is 0 Å². The highest BCUT2D eigenvalue weighted by atomic mass is 79.9. The summed E-state index contributed by atoms with van der Waals surface area (Å²) in [4.78, 5) is 9.68. The van der Waals surface area contributed by atoms with Gasteiger partial charge >= 0.3 is 0 Å². The molecule has 4 nitrogen and oxygen atoms in total. The van der Waals surface area contributed by atoms with Crippen molar-refractivity contribution in [2.45, 2.75) is 0 Å². The topological polar surface area (TPSA) is 55.0 Å². The first-order valence-electron chi connectivity index (χ1n) is 4.85. The molecule has 1 heterocycles. The normalized spacial score (nSPS) is 10.3. The molecule has 0 fully saturated rings. The van der Waals surface area contributed by atoms with E-state index < -0.39 is 0 Å². The molecule has 0 amide bonds. The Kier molecular flexibility index (Phi) is 3.23. The van der Waals surface area contributed by atoms with Crippen molar-refractivity contribution in [3.05, 3.63) is 40.8 Å². The zero-order valence-electron chi connectivity index (χ0n) is 9.06. The lowest BCUT2D eigenvalue weighted by molar-refractivity contribution is 0.628. The maximum absolute atomic E-state index is 13.1. The summed E-state index contributed by atoms with van der Waals surface area (Å²) in [6, 6.07) is 6.24.